The average molecular weight is 353 g/mol. The average Bonchev–Trinajstić information content (AvgIpc) is 2.63. The maximum absolute atomic E-state index is 12.5. The number of aromatic nitrogens is 1. The molecule has 1 aromatic heterocycles. The molecule has 136 valence electrons. The van der Waals surface area contributed by atoms with Gasteiger partial charge in [-0.3, -0.25) is 14.6 Å². The second-order valence-electron chi connectivity index (χ2n) is 6.40. The second-order valence-corrected chi connectivity index (χ2v) is 6.40. The highest BCUT2D eigenvalue weighted by Gasteiger charge is 2.16. The number of nitrogens with zero attached hydrogens (tertiary/aromatic N) is 3. The number of amides is 2. The normalized spacial score (nSPS) is 14.8. The summed E-state index contributed by atoms with van der Waals surface area (Å²) in [6, 6.07) is 10.7. The van der Waals surface area contributed by atoms with Gasteiger partial charge in [0.05, 0.1) is 0 Å². The summed E-state index contributed by atoms with van der Waals surface area (Å²) in [7, 11) is 2.11. The van der Waals surface area contributed by atoms with Gasteiger partial charge in [-0.1, -0.05) is 0 Å². The molecule has 26 heavy (non-hydrogen) atoms. The Labute approximate surface area is 153 Å². The minimum Gasteiger partial charge on any atom is -0.369 e. The molecule has 0 radical (unpaired) electrons. The lowest BCUT2D eigenvalue weighted by Gasteiger charge is -2.34. The van der Waals surface area contributed by atoms with Crippen molar-refractivity contribution in [3.8, 4) is 0 Å². The number of pyridine rings is 1. The summed E-state index contributed by atoms with van der Waals surface area (Å²) in [4.78, 5) is 32.3. The van der Waals surface area contributed by atoms with E-state index in [0.29, 0.717) is 17.1 Å². The third-order valence-corrected chi connectivity index (χ3v) is 4.31. The fourth-order valence-corrected chi connectivity index (χ4v) is 2.84. The number of hydrogen-bond donors (Lipinski definition) is 2. The smallest absolute Gasteiger partial charge is 0.274 e. The Bertz CT molecular complexity index is 783. The molecule has 1 aliphatic heterocycles. The number of hydrogen-bond acceptors (Lipinski definition) is 5. The van der Waals surface area contributed by atoms with Gasteiger partial charge in [-0.25, -0.2) is 0 Å². The van der Waals surface area contributed by atoms with Crippen LogP contribution in [0.4, 0.5) is 17.1 Å². The standard InChI is InChI=1S/C19H23N5O2/c1-14(25)21-15-3-5-16(6-4-15)22-19(26)18-13-17(7-8-20-18)24-11-9-23(2)10-12-24/h3-8,13H,9-12H2,1-2H3,(H,21,25)(H,22,26). The molecule has 0 atom stereocenters. The SMILES string of the molecule is CC(=O)Nc1ccc(NC(=O)c2cc(N3CCN(C)CC3)ccn2)cc1. The predicted molar refractivity (Wildman–Crippen MR) is 103 cm³/mol. The Kier molecular flexibility index (Phi) is 5.48. The number of benzene rings is 1. The van der Waals surface area contributed by atoms with E-state index in [0.717, 1.165) is 31.9 Å². The maximum Gasteiger partial charge on any atom is 0.274 e. The summed E-state index contributed by atoms with van der Waals surface area (Å²) in [5.41, 5.74) is 2.73. The van der Waals surface area contributed by atoms with Gasteiger partial charge in [0.1, 0.15) is 5.69 Å². The van der Waals surface area contributed by atoms with Crippen LogP contribution in [0.5, 0.6) is 0 Å². The Morgan fingerprint density at radius 3 is 2.19 bits per heavy atom. The highest BCUT2D eigenvalue weighted by molar-refractivity contribution is 6.03. The van der Waals surface area contributed by atoms with Crippen molar-refractivity contribution in [2.45, 2.75) is 6.92 Å². The molecule has 7 nitrogen and oxygen atoms in total. The van der Waals surface area contributed by atoms with Crippen LogP contribution < -0.4 is 15.5 Å². The van der Waals surface area contributed by atoms with Gasteiger partial charge in [-0.2, -0.15) is 0 Å². The van der Waals surface area contributed by atoms with Crippen LogP contribution in [0, 0.1) is 0 Å². The van der Waals surface area contributed by atoms with E-state index in [2.05, 4.69) is 32.5 Å². The molecule has 0 bridgehead atoms. The van der Waals surface area contributed by atoms with E-state index >= 15 is 0 Å². The van der Waals surface area contributed by atoms with Crippen LogP contribution in [0.1, 0.15) is 17.4 Å². The van der Waals surface area contributed by atoms with Crippen LogP contribution in [0.2, 0.25) is 0 Å². The van der Waals surface area contributed by atoms with Crippen LogP contribution >= 0.6 is 0 Å². The number of likely N-dealkylation sites (N-methyl/N-ethyl adjacent to an activating group) is 1. The summed E-state index contributed by atoms with van der Waals surface area (Å²) in [5.74, 6) is -0.389. The Hall–Kier alpha value is -2.93. The van der Waals surface area contributed by atoms with E-state index in [1.165, 1.54) is 6.92 Å². The third kappa shape index (κ3) is 4.58. The number of carbonyl (C=O) groups excluding carboxylic acids is 2. The van der Waals surface area contributed by atoms with Crippen LogP contribution in [0.15, 0.2) is 42.6 Å². The molecular formula is C19H23N5O2. The van der Waals surface area contributed by atoms with Crippen LogP contribution in [-0.2, 0) is 4.79 Å². The van der Waals surface area contributed by atoms with E-state index in [4.69, 9.17) is 0 Å². The van der Waals surface area contributed by atoms with Crippen molar-refractivity contribution >= 4 is 28.9 Å². The van der Waals surface area contributed by atoms with Crippen molar-refractivity contribution in [1.82, 2.24) is 9.88 Å². The summed E-state index contributed by atoms with van der Waals surface area (Å²) < 4.78 is 0. The van der Waals surface area contributed by atoms with E-state index in [1.807, 2.05) is 12.1 Å². The van der Waals surface area contributed by atoms with Gasteiger partial charge >= 0.3 is 0 Å². The van der Waals surface area contributed by atoms with Crippen molar-refractivity contribution < 1.29 is 9.59 Å². The zero-order chi connectivity index (χ0) is 18.5. The lowest BCUT2D eigenvalue weighted by Crippen LogP contribution is -2.44. The zero-order valence-corrected chi connectivity index (χ0v) is 15.0. The van der Waals surface area contributed by atoms with Gasteiger partial charge in [0, 0.05) is 56.4 Å². The van der Waals surface area contributed by atoms with Gasteiger partial charge in [0.2, 0.25) is 5.91 Å². The van der Waals surface area contributed by atoms with E-state index in [1.54, 1.807) is 30.5 Å². The summed E-state index contributed by atoms with van der Waals surface area (Å²) >= 11 is 0. The van der Waals surface area contributed by atoms with E-state index in [9.17, 15) is 9.59 Å². The van der Waals surface area contributed by atoms with Crippen LogP contribution in [0.25, 0.3) is 0 Å². The molecule has 0 aliphatic carbocycles. The zero-order valence-electron chi connectivity index (χ0n) is 15.0. The van der Waals surface area contributed by atoms with Gasteiger partial charge in [0.15, 0.2) is 0 Å². The molecule has 1 saturated heterocycles. The highest BCUT2D eigenvalue weighted by atomic mass is 16.2. The molecule has 0 unspecified atom stereocenters. The fourth-order valence-electron chi connectivity index (χ4n) is 2.84. The largest absolute Gasteiger partial charge is 0.369 e. The third-order valence-electron chi connectivity index (χ3n) is 4.31. The van der Waals surface area contributed by atoms with Crippen LogP contribution in [-0.4, -0.2) is 54.9 Å². The van der Waals surface area contributed by atoms with Crippen molar-refractivity contribution in [3.05, 3.63) is 48.3 Å². The van der Waals surface area contributed by atoms with Gasteiger partial charge in [-0.15, -0.1) is 0 Å². The monoisotopic (exact) mass is 353 g/mol. The number of piperazine rings is 1. The molecular weight excluding hydrogens is 330 g/mol. The molecule has 2 heterocycles. The molecule has 3 rings (SSSR count). The molecule has 1 aliphatic rings. The lowest BCUT2D eigenvalue weighted by atomic mass is 10.2. The van der Waals surface area contributed by atoms with Crippen molar-refractivity contribution in [3.63, 3.8) is 0 Å². The van der Waals surface area contributed by atoms with E-state index < -0.39 is 0 Å². The van der Waals surface area contributed by atoms with Crippen LogP contribution in [0.3, 0.4) is 0 Å². The molecule has 1 aromatic carbocycles. The molecule has 1 fully saturated rings. The predicted octanol–water partition coefficient (Wildman–Crippen LogP) is 2.04. The molecule has 0 spiro atoms. The number of carbonyl (C=O) groups is 2. The van der Waals surface area contributed by atoms with Crippen molar-refractivity contribution in [2.75, 3.05) is 48.8 Å². The van der Waals surface area contributed by atoms with Gasteiger partial charge < -0.3 is 20.4 Å². The molecule has 2 amide bonds. The first-order chi connectivity index (χ1) is 12.5. The fraction of sp³-hybridized carbons (Fsp3) is 0.316. The Morgan fingerprint density at radius 2 is 1.58 bits per heavy atom. The minimum absolute atomic E-state index is 0.133. The van der Waals surface area contributed by atoms with Crippen molar-refractivity contribution in [1.29, 1.82) is 0 Å². The lowest BCUT2D eigenvalue weighted by molar-refractivity contribution is -0.114. The highest BCUT2D eigenvalue weighted by Crippen LogP contribution is 2.18. The van der Waals surface area contributed by atoms with Gasteiger partial charge in [-0.05, 0) is 43.4 Å². The van der Waals surface area contributed by atoms with E-state index in [-0.39, 0.29) is 11.8 Å². The summed E-state index contributed by atoms with van der Waals surface area (Å²) in [6.07, 6.45) is 1.67. The van der Waals surface area contributed by atoms with Crippen molar-refractivity contribution in [2.24, 2.45) is 0 Å². The molecule has 2 N–H and O–H groups in total. The number of rotatable bonds is 4. The van der Waals surface area contributed by atoms with Gasteiger partial charge in [0.25, 0.3) is 5.91 Å². The summed E-state index contributed by atoms with van der Waals surface area (Å²) in [6.45, 7) is 5.34. The topological polar surface area (TPSA) is 77.6 Å². The number of anilines is 3. The molecule has 2 aromatic rings. The first kappa shape index (κ1) is 17.9. The first-order valence-corrected chi connectivity index (χ1v) is 8.60. The Balaban J connectivity index is 1.66. The number of nitrogens with one attached hydrogen (secondary N) is 2. The first-order valence-electron chi connectivity index (χ1n) is 8.60. The molecule has 0 saturated carbocycles. The quantitative estimate of drug-likeness (QED) is 0.880. The Morgan fingerprint density at radius 1 is 0.962 bits per heavy atom. The second kappa shape index (κ2) is 7.97. The molecule has 7 heteroatoms. The minimum atomic E-state index is -0.256. The maximum atomic E-state index is 12.5. The summed E-state index contributed by atoms with van der Waals surface area (Å²) in [5, 5.41) is 5.53.